The summed E-state index contributed by atoms with van der Waals surface area (Å²) in [7, 11) is 8.09. The fraction of sp³-hybridized carbons (Fsp3) is 0.588. The van der Waals surface area contributed by atoms with E-state index in [0.29, 0.717) is 0 Å². The fourth-order valence-electron chi connectivity index (χ4n) is 2.38. The monoisotopic (exact) mass is 290 g/mol. The third-order valence-electron chi connectivity index (χ3n) is 3.50. The smallest absolute Gasteiger partial charge is 0.195 e. The molecule has 118 valence electrons. The number of nitrogens with zero attached hydrogens (tertiary/aromatic N) is 4. The van der Waals surface area contributed by atoms with Crippen LogP contribution in [0.5, 0.6) is 0 Å². The maximum Gasteiger partial charge on any atom is 0.195 e. The number of hydrogen-bond acceptors (Lipinski definition) is 2. The van der Waals surface area contributed by atoms with E-state index < -0.39 is 0 Å². The van der Waals surface area contributed by atoms with Crippen molar-refractivity contribution in [1.29, 1.82) is 0 Å². The Morgan fingerprint density at radius 2 is 1.52 bits per heavy atom. The molecule has 0 heterocycles. The van der Waals surface area contributed by atoms with Crippen molar-refractivity contribution in [3.63, 3.8) is 0 Å². The summed E-state index contributed by atoms with van der Waals surface area (Å²) in [6.07, 6.45) is 0. The van der Waals surface area contributed by atoms with Gasteiger partial charge in [-0.2, -0.15) is 0 Å². The normalized spacial score (nSPS) is 10.6. The third kappa shape index (κ3) is 5.76. The Kier molecular flexibility index (Phi) is 7.23. The van der Waals surface area contributed by atoms with E-state index in [2.05, 4.69) is 43.0 Å². The molecule has 0 radical (unpaired) electrons. The minimum Gasteiger partial charge on any atom is -0.349 e. The Bertz CT molecular complexity index is 438. The summed E-state index contributed by atoms with van der Waals surface area (Å²) < 4.78 is 0. The Morgan fingerprint density at radius 1 is 0.952 bits per heavy atom. The highest BCUT2D eigenvalue weighted by molar-refractivity contribution is 5.79. The van der Waals surface area contributed by atoms with E-state index in [9.17, 15) is 0 Å². The van der Waals surface area contributed by atoms with Crippen molar-refractivity contribution in [2.45, 2.75) is 26.9 Å². The van der Waals surface area contributed by atoms with Gasteiger partial charge in [-0.25, -0.2) is 4.99 Å². The van der Waals surface area contributed by atoms with Gasteiger partial charge in [0.1, 0.15) is 0 Å². The van der Waals surface area contributed by atoms with Crippen molar-refractivity contribution in [3.05, 3.63) is 35.4 Å². The molecule has 0 saturated carbocycles. The molecule has 0 saturated heterocycles. The number of benzene rings is 1. The summed E-state index contributed by atoms with van der Waals surface area (Å²) in [5, 5.41) is 0. The zero-order chi connectivity index (χ0) is 15.8. The van der Waals surface area contributed by atoms with Gasteiger partial charge in [0.25, 0.3) is 0 Å². The molecule has 0 fully saturated rings. The lowest BCUT2D eigenvalue weighted by molar-refractivity contribution is 0.296. The first kappa shape index (κ1) is 17.5. The number of guanidine groups is 1. The van der Waals surface area contributed by atoms with E-state index in [-0.39, 0.29) is 0 Å². The molecule has 0 N–H and O–H groups in total. The second kappa shape index (κ2) is 8.67. The average molecular weight is 290 g/mol. The van der Waals surface area contributed by atoms with Crippen LogP contribution in [0, 0.1) is 0 Å². The topological polar surface area (TPSA) is 22.1 Å². The van der Waals surface area contributed by atoms with Crippen LogP contribution in [0.15, 0.2) is 29.3 Å². The second-order valence-electron chi connectivity index (χ2n) is 5.69. The van der Waals surface area contributed by atoms with Crippen LogP contribution in [0.2, 0.25) is 0 Å². The van der Waals surface area contributed by atoms with Gasteiger partial charge in [0.15, 0.2) is 5.96 Å². The summed E-state index contributed by atoms with van der Waals surface area (Å²) in [6.45, 7) is 8.32. The molecule has 0 bridgehead atoms. The van der Waals surface area contributed by atoms with Gasteiger partial charge in [-0.1, -0.05) is 38.1 Å². The molecule has 4 nitrogen and oxygen atoms in total. The zero-order valence-electron chi connectivity index (χ0n) is 14.4. The van der Waals surface area contributed by atoms with Crippen LogP contribution < -0.4 is 0 Å². The van der Waals surface area contributed by atoms with Crippen molar-refractivity contribution in [2.24, 2.45) is 4.99 Å². The number of hydrogen-bond donors (Lipinski definition) is 0. The Labute approximate surface area is 130 Å². The molecule has 0 aromatic heterocycles. The standard InChI is InChI=1S/C17H30N4/c1-7-21(8-2)14-16-11-9-10-15(12-16)13-18-17(19(3)4)20(5)6/h9-12H,7-8,13-14H2,1-6H3. The molecular formula is C17H30N4. The maximum absolute atomic E-state index is 4.71. The van der Waals surface area contributed by atoms with Gasteiger partial charge in [0.05, 0.1) is 6.54 Å². The SMILES string of the molecule is CCN(CC)Cc1cccc(CN=C(N(C)C)N(C)C)c1. The van der Waals surface area contributed by atoms with Crippen molar-refractivity contribution >= 4 is 5.96 Å². The van der Waals surface area contributed by atoms with Crippen LogP contribution in [0.1, 0.15) is 25.0 Å². The first-order valence-electron chi connectivity index (χ1n) is 7.67. The van der Waals surface area contributed by atoms with E-state index in [1.54, 1.807) is 0 Å². The van der Waals surface area contributed by atoms with Crippen LogP contribution in [0.25, 0.3) is 0 Å². The largest absolute Gasteiger partial charge is 0.349 e. The van der Waals surface area contributed by atoms with Crippen molar-refractivity contribution in [1.82, 2.24) is 14.7 Å². The van der Waals surface area contributed by atoms with Crippen molar-refractivity contribution in [2.75, 3.05) is 41.3 Å². The molecule has 4 heteroatoms. The van der Waals surface area contributed by atoms with Gasteiger partial charge < -0.3 is 9.80 Å². The number of rotatable bonds is 6. The first-order chi connectivity index (χ1) is 9.97. The Balaban J connectivity index is 2.78. The lowest BCUT2D eigenvalue weighted by Gasteiger charge is -2.22. The molecule has 0 aliphatic carbocycles. The quantitative estimate of drug-likeness (QED) is 0.594. The minimum atomic E-state index is 0.720. The highest BCUT2D eigenvalue weighted by Crippen LogP contribution is 2.10. The minimum absolute atomic E-state index is 0.720. The molecule has 0 aliphatic rings. The van der Waals surface area contributed by atoms with Gasteiger partial charge in [0, 0.05) is 34.7 Å². The molecule has 1 rings (SSSR count). The fourth-order valence-corrected chi connectivity index (χ4v) is 2.38. The highest BCUT2D eigenvalue weighted by atomic mass is 15.3. The molecule has 1 aromatic carbocycles. The van der Waals surface area contributed by atoms with E-state index in [1.165, 1.54) is 11.1 Å². The molecule has 1 aromatic rings. The van der Waals surface area contributed by atoms with Gasteiger partial charge in [-0.05, 0) is 24.2 Å². The number of aliphatic imine (C=N–C) groups is 1. The molecule has 0 atom stereocenters. The van der Waals surface area contributed by atoms with Gasteiger partial charge in [0.2, 0.25) is 0 Å². The molecule has 0 unspecified atom stereocenters. The van der Waals surface area contributed by atoms with Crippen LogP contribution in [0.3, 0.4) is 0 Å². The van der Waals surface area contributed by atoms with Gasteiger partial charge >= 0.3 is 0 Å². The van der Waals surface area contributed by atoms with Crippen LogP contribution in [-0.2, 0) is 13.1 Å². The second-order valence-corrected chi connectivity index (χ2v) is 5.69. The molecule has 0 amide bonds. The van der Waals surface area contributed by atoms with E-state index in [4.69, 9.17) is 4.99 Å². The molecule has 0 spiro atoms. The van der Waals surface area contributed by atoms with Crippen molar-refractivity contribution in [3.8, 4) is 0 Å². The van der Waals surface area contributed by atoms with Gasteiger partial charge in [-0.15, -0.1) is 0 Å². The third-order valence-corrected chi connectivity index (χ3v) is 3.50. The van der Waals surface area contributed by atoms with Crippen LogP contribution in [-0.4, -0.2) is 61.9 Å². The van der Waals surface area contributed by atoms with Crippen LogP contribution in [0.4, 0.5) is 0 Å². The Morgan fingerprint density at radius 3 is 2.05 bits per heavy atom. The van der Waals surface area contributed by atoms with Crippen molar-refractivity contribution < 1.29 is 0 Å². The van der Waals surface area contributed by atoms with E-state index in [1.807, 2.05) is 38.0 Å². The predicted octanol–water partition coefficient (Wildman–Crippen LogP) is 2.51. The van der Waals surface area contributed by atoms with E-state index >= 15 is 0 Å². The van der Waals surface area contributed by atoms with Crippen LogP contribution >= 0.6 is 0 Å². The first-order valence-corrected chi connectivity index (χ1v) is 7.67. The lowest BCUT2D eigenvalue weighted by atomic mass is 10.1. The summed E-state index contributed by atoms with van der Waals surface area (Å²) in [5.74, 6) is 0.990. The van der Waals surface area contributed by atoms with Gasteiger partial charge in [-0.3, -0.25) is 4.90 Å². The zero-order valence-corrected chi connectivity index (χ0v) is 14.4. The lowest BCUT2D eigenvalue weighted by Crippen LogP contribution is -2.35. The summed E-state index contributed by atoms with van der Waals surface area (Å²) in [6, 6.07) is 8.75. The Hall–Kier alpha value is -1.55. The molecule has 0 aliphatic heterocycles. The summed E-state index contributed by atoms with van der Waals surface area (Å²) in [5.41, 5.74) is 2.63. The molecule has 21 heavy (non-hydrogen) atoms. The van der Waals surface area contributed by atoms with E-state index in [0.717, 1.165) is 32.1 Å². The summed E-state index contributed by atoms with van der Waals surface area (Å²) >= 11 is 0. The average Bonchev–Trinajstić information content (AvgIpc) is 2.44. The maximum atomic E-state index is 4.71. The highest BCUT2D eigenvalue weighted by Gasteiger charge is 2.05. The summed E-state index contributed by atoms with van der Waals surface area (Å²) in [4.78, 5) is 11.2. The predicted molar refractivity (Wildman–Crippen MR) is 91.6 cm³/mol. The molecular weight excluding hydrogens is 260 g/mol.